The molecule has 168 valence electrons. The van der Waals surface area contributed by atoms with Gasteiger partial charge in [-0.25, -0.2) is 9.59 Å². The van der Waals surface area contributed by atoms with Crippen molar-refractivity contribution in [3.8, 4) is 5.75 Å². The molecule has 0 aliphatic heterocycles. The van der Waals surface area contributed by atoms with Gasteiger partial charge in [-0.05, 0) is 50.2 Å². The molecule has 0 N–H and O–H groups in total. The van der Waals surface area contributed by atoms with E-state index < -0.39 is 28.9 Å². The third-order valence-corrected chi connectivity index (χ3v) is 4.00. The van der Waals surface area contributed by atoms with Crippen LogP contribution in [0, 0.1) is 10.1 Å². The van der Waals surface area contributed by atoms with E-state index in [2.05, 4.69) is 4.99 Å². The van der Waals surface area contributed by atoms with Crippen molar-refractivity contribution in [2.45, 2.75) is 13.8 Å². The standard InChI is InChI=1S/C21H21N3O8/c1-4-31-20(26)22-18(14-6-10-16(11-7-14)24(28)29)23(21(27)32-5-2)19(25)15-8-12-17(30-3)13-9-15/h6-13H,4-5H2,1-3H3/b22-18+. The summed E-state index contributed by atoms with van der Waals surface area (Å²) in [5, 5.41) is 11.0. The van der Waals surface area contributed by atoms with Gasteiger partial charge in [0.1, 0.15) is 5.75 Å². The van der Waals surface area contributed by atoms with Crippen molar-refractivity contribution in [3.63, 3.8) is 0 Å². The highest BCUT2D eigenvalue weighted by Gasteiger charge is 2.31. The van der Waals surface area contributed by atoms with Crippen LogP contribution in [0.5, 0.6) is 5.75 Å². The number of nitro benzene ring substituents is 1. The summed E-state index contributed by atoms with van der Waals surface area (Å²) in [6, 6.07) is 10.7. The Labute approximate surface area is 183 Å². The van der Waals surface area contributed by atoms with Gasteiger partial charge in [0.2, 0.25) is 0 Å². The minimum atomic E-state index is -1.09. The number of ether oxygens (including phenoxy) is 3. The number of amides is 3. The van der Waals surface area contributed by atoms with Gasteiger partial charge in [0.25, 0.3) is 11.6 Å². The lowest BCUT2D eigenvalue weighted by molar-refractivity contribution is -0.384. The average molecular weight is 443 g/mol. The second kappa shape index (κ2) is 11.2. The molecule has 2 aromatic carbocycles. The first kappa shape index (κ1) is 24.0. The zero-order chi connectivity index (χ0) is 23.7. The van der Waals surface area contributed by atoms with Crippen LogP contribution >= 0.6 is 0 Å². The fraction of sp³-hybridized carbons (Fsp3) is 0.238. The summed E-state index contributed by atoms with van der Waals surface area (Å²) >= 11 is 0. The Hall–Kier alpha value is -4.28. The molecule has 2 aromatic rings. The Morgan fingerprint density at radius 2 is 1.50 bits per heavy atom. The summed E-state index contributed by atoms with van der Waals surface area (Å²) in [6.07, 6.45) is -2.15. The topological polar surface area (TPSA) is 138 Å². The first-order valence-corrected chi connectivity index (χ1v) is 9.47. The minimum Gasteiger partial charge on any atom is -0.497 e. The van der Waals surface area contributed by atoms with Gasteiger partial charge in [0, 0.05) is 23.3 Å². The SMILES string of the molecule is CCOC(=O)/N=C(\c1ccc([N+](=O)[O-])cc1)N(C(=O)OCC)C(=O)c1ccc(OC)cc1. The zero-order valence-electron chi connectivity index (χ0n) is 17.6. The van der Waals surface area contributed by atoms with E-state index in [4.69, 9.17) is 14.2 Å². The summed E-state index contributed by atoms with van der Waals surface area (Å²) in [5.74, 6) is -0.759. The quantitative estimate of drug-likeness (QED) is 0.284. The van der Waals surface area contributed by atoms with Crippen LogP contribution in [-0.4, -0.2) is 54.1 Å². The molecule has 0 spiro atoms. The fourth-order valence-electron chi connectivity index (χ4n) is 2.53. The van der Waals surface area contributed by atoms with Gasteiger partial charge < -0.3 is 14.2 Å². The highest BCUT2D eigenvalue weighted by atomic mass is 16.6. The number of hydrogen-bond acceptors (Lipinski definition) is 8. The number of nitrogens with zero attached hydrogens (tertiary/aromatic N) is 3. The molecule has 2 rings (SSSR count). The molecule has 0 saturated carbocycles. The average Bonchev–Trinajstić information content (AvgIpc) is 2.79. The highest BCUT2D eigenvalue weighted by Crippen LogP contribution is 2.19. The van der Waals surface area contributed by atoms with Crippen molar-refractivity contribution in [3.05, 3.63) is 69.8 Å². The largest absolute Gasteiger partial charge is 0.497 e. The highest BCUT2D eigenvalue weighted by molar-refractivity contribution is 6.22. The number of methoxy groups -OCH3 is 1. The molecule has 0 aliphatic carbocycles. The lowest BCUT2D eigenvalue weighted by atomic mass is 10.1. The van der Waals surface area contributed by atoms with Crippen molar-refractivity contribution < 1.29 is 33.5 Å². The number of aliphatic imine (C=N–C) groups is 1. The van der Waals surface area contributed by atoms with E-state index in [1.54, 1.807) is 13.8 Å². The van der Waals surface area contributed by atoms with Crippen LogP contribution in [0.25, 0.3) is 0 Å². The monoisotopic (exact) mass is 443 g/mol. The lowest BCUT2D eigenvalue weighted by Crippen LogP contribution is -2.43. The Bertz CT molecular complexity index is 1020. The van der Waals surface area contributed by atoms with E-state index in [-0.39, 0.29) is 30.0 Å². The van der Waals surface area contributed by atoms with E-state index in [0.717, 1.165) is 12.1 Å². The maximum absolute atomic E-state index is 13.2. The molecule has 0 fully saturated rings. The number of non-ortho nitro benzene ring substituents is 1. The van der Waals surface area contributed by atoms with Crippen LogP contribution < -0.4 is 4.74 Å². The van der Waals surface area contributed by atoms with Crippen LogP contribution in [0.4, 0.5) is 15.3 Å². The summed E-state index contributed by atoms with van der Waals surface area (Å²) in [6.45, 7) is 3.05. The molecule has 0 unspecified atom stereocenters. The van der Waals surface area contributed by atoms with Gasteiger partial charge in [-0.2, -0.15) is 9.89 Å². The van der Waals surface area contributed by atoms with Crippen molar-refractivity contribution in [1.82, 2.24) is 4.90 Å². The van der Waals surface area contributed by atoms with Gasteiger partial charge in [-0.1, -0.05) is 0 Å². The fourth-order valence-corrected chi connectivity index (χ4v) is 2.53. The van der Waals surface area contributed by atoms with Crippen LogP contribution in [0.2, 0.25) is 0 Å². The second-order valence-electron chi connectivity index (χ2n) is 6.01. The van der Waals surface area contributed by atoms with Gasteiger partial charge >= 0.3 is 12.2 Å². The number of nitro groups is 1. The number of imide groups is 1. The predicted octanol–water partition coefficient (Wildman–Crippen LogP) is 3.81. The summed E-state index contributed by atoms with van der Waals surface area (Å²) in [5.41, 5.74) is -0.0655. The molecule has 0 bridgehead atoms. The van der Waals surface area contributed by atoms with E-state index in [1.807, 2.05) is 0 Å². The van der Waals surface area contributed by atoms with E-state index in [0.29, 0.717) is 10.6 Å². The van der Waals surface area contributed by atoms with Crippen LogP contribution in [0.3, 0.4) is 0 Å². The first-order valence-electron chi connectivity index (χ1n) is 9.47. The molecule has 11 nitrogen and oxygen atoms in total. The first-order chi connectivity index (χ1) is 15.3. The number of hydrogen-bond donors (Lipinski definition) is 0. The van der Waals surface area contributed by atoms with Crippen molar-refractivity contribution in [2.24, 2.45) is 4.99 Å². The molecular formula is C21H21N3O8. The Kier molecular flexibility index (Phi) is 8.40. The normalized spacial score (nSPS) is 10.8. The smallest absolute Gasteiger partial charge is 0.435 e. The number of carbonyl (C=O) groups excluding carboxylic acids is 3. The van der Waals surface area contributed by atoms with E-state index in [1.165, 1.54) is 43.5 Å². The van der Waals surface area contributed by atoms with Gasteiger partial charge in [0.05, 0.1) is 25.2 Å². The number of amidine groups is 1. The molecule has 11 heteroatoms. The number of carbonyl (C=O) groups is 3. The van der Waals surface area contributed by atoms with Crippen molar-refractivity contribution in [2.75, 3.05) is 20.3 Å². The third kappa shape index (κ3) is 5.88. The molecule has 0 atom stereocenters. The Morgan fingerprint density at radius 1 is 0.938 bits per heavy atom. The third-order valence-electron chi connectivity index (χ3n) is 4.00. The van der Waals surface area contributed by atoms with Crippen molar-refractivity contribution >= 4 is 29.6 Å². The molecule has 0 aliphatic rings. The lowest BCUT2D eigenvalue weighted by Gasteiger charge is -2.22. The number of benzene rings is 2. The summed E-state index contributed by atoms with van der Waals surface area (Å²) in [7, 11) is 1.46. The Morgan fingerprint density at radius 3 is 2.00 bits per heavy atom. The molecule has 0 heterocycles. The maximum Gasteiger partial charge on any atom is 0.435 e. The second-order valence-corrected chi connectivity index (χ2v) is 6.01. The molecule has 0 radical (unpaired) electrons. The van der Waals surface area contributed by atoms with Gasteiger partial charge in [0.15, 0.2) is 5.84 Å². The summed E-state index contributed by atoms with van der Waals surface area (Å²) in [4.78, 5) is 52.8. The predicted molar refractivity (Wildman–Crippen MR) is 113 cm³/mol. The number of rotatable bonds is 6. The van der Waals surface area contributed by atoms with Crippen LogP contribution in [0.15, 0.2) is 53.5 Å². The Balaban J connectivity index is 2.62. The molecule has 32 heavy (non-hydrogen) atoms. The van der Waals surface area contributed by atoms with Gasteiger partial charge in [-0.3, -0.25) is 14.9 Å². The molecule has 0 saturated heterocycles. The van der Waals surface area contributed by atoms with Crippen LogP contribution in [0.1, 0.15) is 29.8 Å². The van der Waals surface area contributed by atoms with Crippen molar-refractivity contribution in [1.29, 1.82) is 0 Å². The molecular weight excluding hydrogens is 422 g/mol. The summed E-state index contributed by atoms with van der Waals surface area (Å²) < 4.78 is 14.9. The maximum atomic E-state index is 13.2. The molecule has 3 amide bonds. The van der Waals surface area contributed by atoms with E-state index in [9.17, 15) is 24.5 Å². The van der Waals surface area contributed by atoms with Crippen LogP contribution in [-0.2, 0) is 9.47 Å². The minimum absolute atomic E-state index is 0.00169. The van der Waals surface area contributed by atoms with E-state index >= 15 is 0 Å². The zero-order valence-corrected chi connectivity index (χ0v) is 17.6. The van der Waals surface area contributed by atoms with Gasteiger partial charge in [-0.15, -0.1) is 0 Å². The molecule has 0 aromatic heterocycles.